The van der Waals surface area contributed by atoms with Gasteiger partial charge in [0, 0.05) is 11.8 Å². The van der Waals surface area contributed by atoms with Crippen molar-refractivity contribution in [3.63, 3.8) is 0 Å². The van der Waals surface area contributed by atoms with Crippen molar-refractivity contribution < 1.29 is 0 Å². The highest BCUT2D eigenvalue weighted by molar-refractivity contribution is 9.10. The molecule has 0 saturated carbocycles. The van der Waals surface area contributed by atoms with Crippen molar-refractivity contribution in [3.8, 4) is 11.3 Å². The van der Waals surface area contributed by atoms with Crippen LogP contribution in [0.5, 0.6) is 0 Å². The number of H-pyrrole nitrogens is 1. The van der Waals surface area contributed by atoms with Crippen LogP contribution in [0.1, 0.15) is 0 Å². The summed E-state index contributed by atoms with van der Waals surface area (Å²) in [5, 5.41) is 0. The molecule has 0 aliphatic rings. The van der Waals surface area contributed by atoms with Crippen LogP contribution in [0.3, 0.4) is 0 Å². The van der Waals surface area contributed by atoms with E-state index in [2.05, 4.69) is 30.9 Å². The van der Waals surface area contributed by atoms with Crippen LogP contribution in [-0.4, -0.2) is 15.0 Å². The molecule has 1 N–H and O–H groups in total. The number of aromatic amines is 1. The topological polar surface area (TPSA) is 41.6 Å². The molecule has 16 heavy (non-hydrogen) atoms. The zero-order valence-electron chi connectivity index (χ0n) is 8.31. The molecule has 3 rings (SSSR count). The van der Waals surface area contributed by atoms with Gasteiger partial charge in [-0.15, -0.1) is 0 Å². The largest absolute Gasteiger partial charge is 0.357 e. The molecule has 0 bridgehead atoms. The average Bonchev–Trinajstić information content (AvgIpc) is 2.73. The van der Waals surface area contributed by atoms with E-state index in [-0.39, 0.29) is 0 Å². The molecule has 0 atom stereocenters. The van der Waals surface area contributed by atoms with Gasteiger partial charge in [-0.1, -0.05) is 30.3 Å². The van der Waals surface area contributed by atoms with Gasteiger partial charge in [0.25, 0.3) is 0 Å². The highest BCUT2D eigenvalue weighted by atomic mass is 79.9. The third-order valence-corrected chi connectivity index (χ3v) is 3.07. The summed E-state index contributed by atoms with van der Waals surface area (Å²) in [5.74, 6) is 0. The predicted molar refractivity (Wildman–Crippen MR) is 67.0 cm³/mol. The molecule has 1 aromatic carbocycles. The molecule has 0 saturated heterocycles. The van der Waals surface area contributed by atoms with Crippen LogP contribution in [0.25, 0.3) is 22.3 Å². The monoisotopic (exact) mass is 273 g/mol. The average molecular weight is 274 g/mol. The number of aromatic nitrogens is 3. The van der Waals surface area contributed by atoms with E-state index in [9.17, 15) is 0 Å². The minimum atomic E-state index is 0.911. The second-order valence-electron chi connectivity index (χ2n) is 3.45. The Morgan fingerprint density at radius 1 is 1.06 bits per heavy atom. The molecule has 0 aliphatic heterocycles. The summed E-state index contributed by atoms with van der Waals surface area (Å²) < 4.78 is 0.960. The Bertz CT molecular complexity index is 631. The smallest absolute Gasteiger partial charge is 0.116 e. The molecule has 0 amide bonds. The number of halogens is 1. The summed E-state index contributed by atoms with van der Waals surface area (Å²) in [4.78, 5) is 11.7. The summed E-state index contributed by atoms with van der Waals surface area (Å²) in [6, 6.07) is 10.1. The minimum absolute atomic E-state index is 0.911. The van der Waals surface area contributed by atoms with Crippen molar-refractivity contribution in [1.29, 1.82) is 0 Å². The van der Waals surface area contributed by atoms with E-state index in [0.29, 0.717) is 0 Å². The van der Waals surface area contributed by atoms with Crippen molar-refractivity contribution in [2.24, 2.45) is 0 Å². The number of rotatable bonds is 1. The second-order valence-corrected chi connectivity index (χ2v) is 4.30. The van der Waals surface area contributed by atoms with Gasteiger partial charge >= 0.3 is 0 Å². The standard InChI is InChI=1S/C12H8BrN3/c13-9-6-14-12-10(15-7-16-11(9)12)8-4-2-1-3-5-8/h1-7,14H. The second kappa shape index (κ2) is 3.72. The molecule has 3 nitrogen and oxygen atoms in total. The highest BCUT2D eigenvalue weighted by Crippen LogP contribution is 2.28. The van der Waals surface area contributed by atoms with Crippen LogP contribution < -0.4 is 0 Å². The quantitative estimate of drug-likeness (QED) is 0.739. The van der Waals surface area contributed by atoms with Gasteiger partial charge in [0.05, 0.1) is 15.7 Å². The van der Waals surface area contributed by atoms with Crippen molar-refractivity contribution in [3.05, 3.63) is 47.3 Å². The van der Waals surface area contributed by atoms with Crippen LogP contribution >= 0.6 is 15.9 Å². The van der Waals surface area contributed by atoms with Gasteiger partial charge in [-0.3, -0.25) is 0 Å². The van der Waals surface area contributed by atoms with E-state index in [1.807, 2.05) is 36.5 Å². The summed E-state index contributed by atoms with van der Waals surface area (Å²) in [6.07, 6.45) is 3.47. The fraction of sp³-hybridized carbons (Fsp3) is 0. The number of nitrogens with one attached hydrogen (secondary N) is 1. The van der Waals surface area contributed by atoms with Crippen LogP contribution in [0.2, 0.25) is 0 Å². The molecule has 78 valence electrons. The van der Waals surface area contributed by atoms with Crippen molar-refractivity contribution in [1.82, 2.24) is 15.0 Å². The number of hydrogen-bond acceptors (Lipinski definition) is 2. The van der Waals surface area contributed by atoms with Crippen LogP contribution in [0.4, 0.5) is 0 Å². The maximum atomic E-state index is 4.33. The summed E-state index contributed by atoms with van der Waals surface area (Å²) >= 11 is 3.45. The Morgan fingerprint density at radius 3 is 2.69 bits per heavy atom. The lowest BCUT2D eigenvalue weighted by atomic mass is 10.1. The van der Waals surface area contributed by atoms with Crippen molar-refractivity contribution in [2.75, 3.05) is 0 Å². The van der Waals surface area contributed by atoms with Crippen molar-refractivity contribution in [2.45, 2.75) is 0 Å². The Balaban J connectivity index is 2.32. The predicted octanol–water partition coefficient (Wildman–Crippen LogP) is 3.39. The molecule has 0 unspecified atom stereocenters. The molecule has 0 fully saturated rings. The minimum Gasteiger partial charge on any atom is -0.357 e. The maximum absolute atomic E-state index is 4.33. The summed E-state index contributed by atoms with van der Waals surface area (Å²) in [6.45, 7) is 0. The van der Waals surface area contributed by atoms with Gasteiger partial charge in [0.2, 0.25) is 0 Å². The number of nitrogens with zero attached hydrogens (tertiary/aromatic N) is 2. The van der Waals surface area contributed by atoms with E-state index >= 15 is 0 Å². The zero-order chi connectivity index (χ0) is 11.0. The first-order chi connectivity index (χ1) is 7.86. The molecule has 4 heteroatoms. The molecule has 2 aromatic heterocycles. The lowest BCUT2D eigenvalue weighted by molar-refractivity contribution is 1.22. The molecular formula is C12H8BrN3. The van der Waals surface area contributed by atoms with E-state index < -0.39 is 0 Å². The SMILES string of the molecule is Brc1c[nH]c2c(-c3ccccc3)ncnc12. The fourth-order valence-electron chi connectivity index (χ4n) is 1.72. The zero-order valence-corrected chi connectivity index (χ0v) is 9.90. The van der Waals surface area contributed by atoms with Gasteiger partial charge in [0.15, 0.2) is 0 Å². The van der Waals surface area contributed by atoms with E-state index in [4.69, 9.17) is 0 Å². The lowest BCUT2D eigenvalue weighted by Gasteiger charge is -2.01. The van der Waals surface area contributed by atoms with E-state index in [1.165, 1.54) is 0 Å². The summed E-state index contributed by atoms with van der Waals surface area (Å²) in [7, 11) is 0. The Morgan fingerprint density at radius 2 is 1.88 bits per heavy atom. The third-order valence-electron chi connectivity index (χ3n) is 2.46. The number of fused-ring (bicyclic) bond motifs is 1. The normalized spacial score (nSPS) is 10.8. The molecule has 3 aromatic rings. The van der Waals surface area contributed by atoms with Crippen LogP contribution in [-0.2, 0) is 0 Å². The first kappa shape index (κ1) is 9.54. The van der Waals surface area contributed by atoms with Crippen molar-refractivity contribution >= 4 is 27.0 Å². The Kier molecular flexibility index (Phi) is 2.22. The van der Waals surface area contributed by atoms with E-state index in [1.54, 1.807) is 6.33 Å². The molecule has 0 aliphatic carbocycles. The van der Waals surface area contributed by atoms with Crippen LogP contribution in [0, 0.1) is 0 Å². The molecular weight excluding hydrogens is 266 g/mol. The van der Waals surface area contributed by atoms with Gasteiger partial charge < -0.3 is 4.98 Å². The Labute approximate surface area is 101 Å². The van der Waals surface area contributed by atoms with Gasteiger partial charge in [-0.05, 0) is 15.9 Å². The van der Waals surface area contributed by atoms with Crippen LogP contribution in [0.15, 0.2) is 47.3 Å². The van der Waals surface area contributed by atoms with E-state index in [0.717, 1.165) is 26.8 Å². The molecule has 2 heterocycles. The lowest BCUT2D eigenvalue weighted by Crippen LogP contribution is -1.87. The van der Waals surface area contributed by atoms with Gasteiger partial charge in [-0.25, -0.2) is 9.97 Å². The molecule has 0 radical (unpaired) electrons. The molecule has 0 spiro atoms. The number of benzene rings is 1. The van der Waals surface area contributed by atoms with Gasteiger partial charge in [-0.2, -0.15) is 0 Å². The summed E-state index contributed by atoms with van der Waals surface area (Å²) in [5.41, 5.74) is 3.88. The fourth-order valence-corrected chi connectivity index (χ4v) is 2.14. The highest BCUT2D eigenvalue weighted by Gasteiger charge is 2.09. The first-order valence-corrected chi connectivity index (χ1v) is 5.68. The van der Waals surface area contributed by atoms with Gasteiger partial charge in [0.1, 0.15) is 11.8 Å². The first-order valence-electron chi connectivity index (χ1n) is 4.89. The maximum Gasteiger partial charge on any atom is 0.116 e. The Hall–Kier alpha value is -1.68. The number of hydrogen-bond donors (Lipinski definition) is 1. The third kappa shape index (κ3) is 1.42.